The molecule has 784 valence electrons. The first-order chi connectivity index (χ1) is 68.5. The Labute approximate surface area is 891 Å². The molecule has 0 spiro atoms. The quantitative estimate of drug-likeness (QED) is 0.135. The molecule has 4 aliphatic rings. The summed E-state index contributed by atoms with van der Waals surface area (Å²) in [4.78, 5) is 0. The molecular weight excluding hydrogens is 1690 g/mol. The fourth-order valence-corrected chi connectivity index (χ4v) is 18.8. The lowest BCUT2D eigenvalue weighted by atomic mass is 9.66. The topological polar surface area (TPSA) is 0 Å². The number of benzene rings is 9. The molecule has 0 N–H and O–H groups in total. The van der Waals surface area contributed by atoms with E-state index < -0.39 is 36.8 Å². The Morgan fingerprint density at radius 3 is 0.709 bits per heavy atom. The van der Waals surface area contributed by atoms with Gasteiger partial charge in [0.2, 0.25) is 0 Å². The van der Waals surface area contributed by atoms with Gasteiger partial charge in [-0.25, -0.2) is 0 Å². The Morgan fingerprint density at radius 2 is 0.482 bits per heavy atom. The van der Waals surface area contributed by atoms with Crippen molar-refractivity contribution >= 4 is 0 Å². The van der Waals surface area contributed by atoms with Gasteiger partial charge in [0.1, 0.15) is 0 Å². The van der Waals surface area contributed by atoms with Crippen molar-refractivity contribution < 1.29 is 15.1 Å². The summed E-state index contributed by atoms with van der Waals surface area (Å²) in [5.41, 5.74) is 27.8. The highest BCUT2D eigenvalue weighted by molar-refractivity contribution is 5.51. The fraction of sp³-hybridized carbons (Fsp3) is 0.617. The molecule has 4 fully saturated rings. The van der Waals surface area contributed by atoms with Crippen LogP contribution in [0.25, 0.3) is 0 Å². The Morgan fingerprint density at radius 1 is 0.255 bits per heavy atom. The van der Waals surface area contributed by atoms with Crippen molar-refractivity contribution in [1.82, 2.24) is 0 Å². The molecule has 1 unspecified atom stereocenters. The maximum Gasteiger partial charge on any atom is 0.0352 e. The lowest BCUT2D eigenvalue weighted by molar-refractivity contribution is 0.410. The zero-order chi connectivity index (χ0) is 117. The maximum absolute atomic E-state index is 8.59. The van der Waals surface area contributed by atoms with Crippen LogP contribution in [0, 0.1) is 10.8 Å². The second-order valence-corrected chi connectivity index (χ2v) is 56.8. The van der Waals surface area contributed by atoms with Gasteiger partial charge in [-0.2, -0.15) is 0 Å². The van der Waals surface area contributed by atoms with Crippen LogP contribution in [-0.4, -0.2) is 0 Å². The second-order valence-electron chi connectivity index (χ2n) is 56.8. The summed E-state index contributed by atoms with van der Waals surface area (Å²) in [6, 6.07) is 73.2. The standard InChI is InChI=1S/C22H38.2C16H24.2C15H22.2C15H24.C14H22.C13H20/c1-19(2,3)15-13-16(20(4,5)6)18(22(10,11)12)17(14-15)21(7,8)9;2*1-16(2,3)15-11-9-14(10-12-15)13-7-5-4-6-8-13;2*1-15(2,3)14-10-8-13(9-11-14)12-6-4-5-7-12;2*1-14(2,3)11-12-7-9-13(10-8-12)15(4,5)6;1-6-11(2)12-7-9-13(10-8-12)14(3,4)5;1-10(2)11-6-8-12(9-7-11)13(3,4)5/h13-14H,1-12H3;2*9-13H,4-8H2,1-3H3;2*8-12H,4-7H2,1-3H3;2*7-10H,11H2,1-6H3;7-11H,6H2,1-5H3;6-10H,1-5H3/i;13D;;12D;;11D2;;2D3,6D2,11D;10D. The van der Waals surface area contributed by atoms with Crippen molar-refractivity contribution in [2.75, 3.05) is 0 Å². The van der Waals surface area contributed by atoms with E-state index >= 15 is 0 Å². The second kappa shape index (κ2) is 52.5. The van der Waals surface area contributed by atoms with Gasteiger partial charge in [-0.3, -0.25) is 0 Å². The molecule has 4 saturated carbocycles. The highest BCUT2D eigenvalue weighted by atomic mass is 14.4. The van der Waals surface area contributed by atoms with Crippen molar-refractivity contribution in [3.05, 3.63) is 318 Å². The third kappa shape index (κ3) is 44.3. The summed E-state index contributed by atoms with van der Waals surface area (Å²) in [6.45, 7) is 96.0. The molecule has 9 aromatic rings. The van der Waals surface area contributed by atoms with E-state index in [1.54, 1.807) is 41.0 Å². The van der Waals surface area contributed by atoms with E-state index in [-0.39, 0.29) is 82.3 Å². The van der Waals surface area contributed by atoms with Crippen LogP contribution >= 0.6 is 0 Å². The van der Waals surface area contributed by atoms with Gasteiger partial charge < -0.3 is 0 Å². The maximum atomic E-state index is 8.59. The Balaban J connectivity index is 0.000000301. The molecule has 0 aromatic heterocycles. The lowest BCUT2D eigenvalue weighted by Gasteiger charge is -2.38. The molecule has 0 amide bonds. The van der Waals surface area contributed by atoms with Crippen molar-refractivity contribution in [3.63, 3.8) is 0 Å². The van der Waals surface area contributed by atoms with Crippen LogP contribution < -0.4 is 0 Å². The zero-order valence-electron chi connectivity index (χ0n) is 111. The van der Waals surface area contributed by atoms with Crippen LogP contribution in [0.1, 0.15) is 602 Å². The van der Waals surface area contributed by atoms with Gasteiger partial charge in [0.25, 0.3) is 0 Å². The molecule has 9 aromatic carbocycles. The summed E-state index contributed by atoms with van der Waals surface area (Å²) in [7, 11) is 0. The fourth-order valence-electron chi connectivity index (χ4n) is 18.8. The van der Waals surface area contributed by atoms with E-state index in [0.717, 1.165) is 67.6 Å². The van der Waals surface area contributed by atoms with Crippen molar-refractivity contribution in [2.45, 2.75) is 554 Å². The number of rotatable bonds is 9. The summed E-state index contributed by atoms with van der Waals surface area (Å²) in [5, 5.41) is 0. The third-order valence-corrected chi connectivity index (χ3v) is 28.3. The smallest absolute Gasteiger partial charge is 0.0352 e. The van der Waals surface area contributed by atoms with E-state index in [1.165, 1.54) is 162 Å². The lowest BCUT2D eigenvalue weighted by Crippen LogP contribution is -2.29. The predicted octanol–water partition coefficient (Wildman–Crippen LogP) is 44.0. The van der Waals surface area contributed by atoms with Crippen LogP contribution in [0.5, 0.6) is 0 Å². The summed E-state index contributed by atoms with van der Waals surface area (Å²) < 4.78 is 87.8. The molecular formula is C141H220. The molecule has 141 heavy (non-hydrogen) atoms. The van der Waals surface area contributed by atoms with Crippen LogP contribution in [0.2, 0.25) is 0 Å². The largest absolute Gasteiger partial charge is 0.0648 e. The van der Waals surface area contributed by atoms with Crippen LogP contribution in [0.3, 0.4) is 0 Å². The van der Waals surface area contributed by atoms with Crippen molar-refractivity contribution in [1.29, 1.82) is 0 Å². The first-order valence-corrected chi connectivity index (χ1v) is 55.1. The molecule has 0 aliphatic heterocycles. The molecule has 0 saturated heterocycles. The number of hydrogen-bond donors (Lipinski definition) is 0. The van der Waals surface area contributed by atoms with Gasteiger partial charge in [0, 0.05) is 15.1 Å². The first kappa shape index (κ1) is 107. The van der Waals surface area contributed by atoms with Crippen LogP contribution in [-0.2, 0) is 77.8 Å². The van der Waals surface area contributed by atoms with Gasteiger partial charge >= 0.3 is 0 Å². The average Bonchev–Trinajstić information content (AvgIpc) is 1.26. The van der Waals surface area contributed by atoms with Crippen LogP contribution in [0.4, 0.5) is 0 Å². The van der Waals surface area contributed by atoms with Crippen molar-refractivity contribution in [2.24, 2.45) is 10.8 Å². The molecule has 0 bridgehead atoms. The molecule has 0 heterocycles. The highest BCUT2D eigenvalue weighted by Gasteiger charge is 2.35. The summed E-state index contributed by atoms with van der Waals surface area (Å²) in [6.07, 6.45) is 20.7. The van der Waals surface area contributed by atoms with Gasteiger partial charge in [0.15, 0.2) is 0 Å². The Bertz CT molecular complexity index is 5460. The Kier molecular flexibility index (Phi) is 39.8. The monoisotopic (exact) mass is 1920 g/mol. The molecule has 13 rings (SSSR count). The molecule has 4 aliphatic carbocycles. The molecule has 0 nitrogen and oxygen atoms in total. The summed E-state index contributed by atoms with van der Waals surface area (Å²) in [5.74, 6) is -1.69. The molecule has 0 heteroatoms. The number of hydrogen-bond acceptors (Lipinski definition) is 0. The van der Waals surface area contributed by atoms with E-state index in [0.29, 0.717) is 5.41 Å². The van der Waals surface area contributed by atoms with E-state index in [2.05, 4.69) is 407 Å². The van der Waals surface area contributed by atoms with Crippen LogP contribution in [0.15, 0.2) is 206 Å². The third-order valence-electron chi connectivity index (χ3n) is 28.3. The van der Waals surface area contributed by atoms with Gasteiger partial charge in [-0.05, 0) is 293 Å². The zero-order valence-corrected chi connectivity index (χ0v) is 99.7. The first-order valence-electron chi connectivity index (χ1n) is 60.6. The minimum Gasteiger partial charge on any atom is -0.0648 e. The minimum atomic E-state index is -2.74. The predicted molar refractivity (Wildman–Crippen MR) is 636 cm³/mol. The highest BCUT2D eigenvalue weighted by Crippen LogP contribution is 2.46. The van der Waals surface area contributed by atoms with Gasteiger partial charge in [0.05, 0.1) is 0 Å². The van der Waals surface area contributed by atoms with Crippen molar-refractivity contribution in [3.8, 4) is 0 Å². The average molecular weight is 1930 g/mol. The summed E-state index contributed by atoms with van der Waals surface area (Å²) >= 11 is 0. The minimum absolute atomic E-state index is 0.0750. The Hall–Kier alpha value is -7.02. The normalized spacial score (nSPS) is 17.8. The van der Waals surface area contributed by atoms with Gasteiger partial charge in [-0.1, -0.05) is 589 Å². The van der Waals surface area contributed by atoms with E-state index in [4.69, 9.17) is 15.1 Å². The molecule has 1 atom stereocenters. The SMILES string of the molecule is CC(C)(C)Cc1ccc(C(C)(C)C)cc1.CC(C)(C)c1cc(C(C)(C)C)c(C(C)(C)C)c(C(C)(C)C)c1.CC(C)(C)c1ccc(C2CCCC2)cc1.CC(C)(C)c1ccc(C2CCCCC2)cc1.[2H]C(C)(C)c1ccc(C(C)(C)C)cc1.[2H]C([2H])([2H])C([2H])(c1ccc(C(C)(C)C)cc1)C([2H])([2H])C.[2H]C([2H])(c1ccc(C(C)(C)C)cc1)C(C)(C)C.[2H]C1(c2ccc(C(C)(C)C)cc2)CCCC1.[2H]C1(c2ccc(C(C)(C)C)cc2)CCCCC1. The van der Waals surface area contributed by atoms with E-state index in [9.17, 15) is 0 Å². The molecule has 0 radical (unpaired) electrons. The van der Waals surface area contributed by atoms with Gasteiger partial charge in [-0.15, -0.1) is 0 Å². The van der Waals surface area contributed by atoms with E-state index in [1.807, 2.05) is 79.7 Å².